The molecule has 4 nitrogen and oxygen atoms in total. The van der Waals surface area contributed by atoms with E-state index >= 15 is 0 Å². The molecule has 1 N–H and O–H groups in total. The summed E-state index contributed by atoms with van der Waals surface area (Å²) < 4.78 is 1.97. The third-order valence-electron chi connectivity index (χ3n) is 3.88. The molecule has 2 atom stereocenters. The van der Waals surface area contributed by atoms with Gasteiger partial charge in [-0.3, -0.25) is 0 Å². The van der Waals surface area contributed by atoms with Crippen LogP contribution in [0.25, 0.3) is 11.0 Å². The molecule has 0 aromatic carbocycles. The van der Waals surface area contributed by atoms with E-state index in [9.17, 15) is 0 Å². The number of thioether (sulfide) groups is 1. The molecule has 0 aliphatic carbocycles. The van der Waals surface area contributed by atoms with E-state index in [4.69, 9.17) is 0 Å². The predicted molar refractivity (Wildman–Crippen MR) is 86.5 cm³/mol. The highest BCUT2D eigenvalue weighted by atomic mass is 32.2. The van der Waals surface area contributed by atoms with Crippen LogP contribution >= 0.6 is 11.8 Å². The minimum absolute atomic E-state index is 0.341. The average Bonchev–Trinajstić information content (AvgIpc) is 2.84. The summed E-state index contributed by atoms with van der Waals surface area (Å²) in [6, 6.07) is 3.06. The Kier molecular flexibility index (Phi) is 3.87. The summed E-state index contributed by atoms with van der Waals surface area (Å²) in [6.45, 7) is 6.56. The molecule has 3 heterocycles. The van der Waals surface area contributed by atoms with Gasteiger partial charge in [-0.2, -0.15) is 16.9 Å². The molecule has 0 radical (unpaired) electrons. The number of nitrogens with zero attached hydrogens (tertiary/aromatic N) is 3. The minimum Gasteiger partial charge on any atom is -0.380 e. The highest BCUT2D eigenvalue weighted by molar-refractivity contribution is 8.00. The molecule has 1 fully saturated rings. The van der Waals surface area contributed by atoms with Gasteiger partial charge in [0.1, 0.15) is 0 Å². The van der Waals surface area contributed by atoms with Gasteiger partial charge in [-0.1, -0.05) is 6.92 Å². The summed E-state index contributed by atoms with van der Waals surface area (Å²) >= 11 is 2.06. The number of fused-ring (bicyclic) bond motifs is 1. The quantitative estimate of drug-likeness (QED) is 0.936. The van der Waals surface area contributed by atoms with E-state index in [1.807, 2.05) is 17.1 Å². The lowest BCUT2D eigenvalue weighted by molar-refractivity contribution is 0.546. The van der Waals surface area contributed by atoms with Crippen molar-refractivity contribution < 1.29 is 0 Å². The van der Waals surface area contributed by atoms with Crippen LogP contribution in [0.3, 0.4) is 0 Å². The third-order valence-corrected chi connectivity index (χ3v) is 5.26. The molecule has 0 saturated carbocycles. The lowest BCUT2D eigenvalue weighted by atomic mass is 10.1. The maximum Gasteiger partial charge on any atom is 0.158 e. The zero-order valence-corrected chi connectivity index (χ0v) is 13.2. The zero-order valence-electron chi connectivity index (χ0n) is 12.3. The summed E-state index contributed by atoms with van der Waals surface area (Å²) in [5.74, 6) is 1.29. The lowest BCUT2D eigenvalue weighted by Crippen LogP contribution is -2.32. The van der Waals surface area contributed by atoms with Gasteiger partial charge in [0.05, 0.1) is 18.1 Å². The first kappa shape index (κ1) is 13.7. The van der Waals surface area contributed by atoms with E-state index in [1.54, 1.807) is 0 Å². The SMILES string of the molecule is CC1SCCCC1Nc1cnc2c(cnn2C(C)C)c1. The Morgan fingerprint density at radius 3 is 3.00 bits per heavy atom. The van der Waals surface area contributed by atoms with Crippen LogP contribution in [-0.2, 0) is 0 Å². The molecule has 0 spiro atoms. The van der Waals surface area contributed by atoms with Crippen LogP contribution in [0, 0.1) is 0 Å². The van der Waals surface area contributed by atoms with Gasteiger partial charge in [-0.25, -0.2) is 9.67 Å². The molecule has 20 heavy (non-hydrogen) atoms. The van der Waals surface area contributed by atoms with E-state index < -0.39 is 0 Å². The van der Waals surface area contributed by atoms with Crippen molar-refractivity contribution in [2.45, 2.75) is 50.9 Å². The van der Waals surface area contributed by atoms with Crippen LogP contribution in [0.1, 0.15) is 39.7 Å². The van der Waals surface area contributed by atoms with E-state index in [0.29, 0.717) is 17.3 Å². The Labute approximate surface area is 124 Å². The fourth-order valence-corrected chi connectivity index (χ4v) is 3.87. The normalized spacial score (nSPS) is 23.4. The standard InChI is InChI=1S/C15H22N4S/c1-10(2)19-15-12(8-17-19)7-13(9-16-15)18-14-5-4-6-20-11(14)3/h7-11,14,18H,4-6H2,1-3H3. The Morgan fingerprint density at radius 2 is 2.25 bits per heavy atom. The van der Waals surface area contributed by atoms with Crippen LogP contribution in [0.5, 0.6) is 0 Å². The van der Waals surface area contributed by atoms with Gasteiger partial charge in [0.15, 0.2) is 5.65 Å². The second-order valence-electron chi connectivity index (χ2n) is 5.79. The molecule has 0 amide bonds. The van der Waals surface area contributed by atoms with Gasteiger partial charge >= 0.3 is 0 Å². The summed E-state index contributed by atoms with van der Waals surface area (Å²) in [4.78, 5) is 4.58. The molecule has 2 aromatic rings. The maximum absolute atomic E-state index is 4.58. The summed E-state index contributed by atoms with van der Waals surface area (Å²) in [7, 11) is 0. The van der Waals surface area contributed by atoms with Crippen molar-refractivity contribution in [3.63, 3.8) is 0 Å². The number of aromatic nitrogens is 3. The molecule has 2 unspecified atom stereocenters. The van der Waals surface area contributed by atoms with Crippen LogP contribution in [0.2, 0.25) is 0 Å². The molecule has 1 saturated heterocycles. The maximum atomic E-state index is 4.58. The van der Waals surface area contributed by atoms with Crippen molar-refractivity contribution in [1.29, 1.82) is 0 Å². The van der Waals surface area contributed by atoms with E-state index in [-0.39, 0.29) is 0 Å². The van der Waals surface area contributed by atoms with Crippen molar-refractivity contribution in [1.82, 2.24) is 14.8 Å². The summed E-state index contributed by atoms with van der Waals surface area (Å²) in [5, 5.41) is 9.84. The lowest BCUT2D eigenvalue weighted by Gasteiger charge is -2.29. The first-order valence-electron chi connectivity index (χ1n) is 7.36. The predicted octanol–water partition coefficient (Wildman–Crippen LogP) is 3.71. The van der Waals surface area contributed by atoms with E-state index in [1.165, 1.54) is 18.6 Å². The number of pyridine rings is 1. The van der Waals surface area contributed by atoms with Gasteiger partial charge < -0.3 is 5.32 Å². The van der Waals surface area contributed by atoms with Gasteiger partial charge in [-0.05, 0) is 38.5 Å². The van der Waals surface area contributed by atoms with Gasteiger partial charge in [0.2, 0.25) is 0 Å². The van der Waals surface area contributed by atoms with Crippen LogP contribution in [0.15, 0.2) is 18.5 Å². The number of anilines is 1. The summed E-state index contributed by atoms with van der Waals surface area (Å²) in [5.41, 5.74) is 2.08. The Hall–Kier alpha value is -1.23. The second-order valence-corrected chi connectivity index (χ2v) is 7.27. The van der Waals surface area contributed by atoms with E-state index in [2.05, 4.69) is 54.0 Å². The largest absolute Gasteiger partial charge is 0.380 e. The highest BCUT2D eigenvalue weighted by Crippen LogP contribution is 2.28. The van der Waals surface area contributed by atoms with Crippen LogP contribution in [-0.4, -0.2) is 31.8 Å². The Bertz CT molecular complexity index is 593. The van der Waals surface area contributed by atoms with Crippen molar-refractivity contribution in [3.8, 4) is 0 Å². The van der Waals surface area contributed by atoms with Gasteiger partial charge in [0, 0.05) is 22.7 Å². The van der Waals surface area contributed by atoms with Crippen LogP contribution in [0.4, 0.5) is 5.69 Å². The zero-order chi connectivity index (χ0) is 14.1. The minimum atomic E-state index is 0.341. The van der Waals surface area contributed by atoms with E-state index in [0.717, 1.165) is 16.7 Å². The first-order chi connectivity index (χ1) is 9.65. The molecule has 0 bridgehead atoms. The fraction of sp³-hybridized carbons (Fsp3) is 0.600. The fourth-order valence-electron chi connectivity index (χ4n) is 2.72. The van der Waals surface area contributed by atoms with Crippen LogP contribution < -0.4 is 5.32 Å². The molecule has 1 aliphatic rings. The third kappa shape index (κ3) is 2.64. The second kappa shape index (κ2) is 5.64. The molecule has 2 aromatic heterocycles. The number of nitrogens with one attached hydrogen (secondary N) is 1. The number of hydrogen-bond donors (Lipinski definition) is 1. The van der Waals surface area contributed by atoms with Gasteiger partial charge in [-0.15, -0.1) is 0 Å². The number of hydrogen-bond acceptors (Lipinski definition) is 4. The van der Waals surface area contributed by atoms with Gasteiger partial charge in [0.25, 0.3) is 0 Å². The molecular weight excluding hydrogens is 268 g/mol. The van der Waals surface area contributed by atoms with Crippen molar-refractivity contribution in [2.24, 2.45) is 0 Å². The Morgan fingerprint density at radius 1 is 1.40 bits per heavy atom. The molecule has 5 heteroatoms. The highest BCUT2D eigenvalue weighted by Gasteiger charge is 2.21. The molecule has 108 valence electrons. The molecule has 1 aliphatic heterocycles. The topological polar surface area (TPSA) is 42.7 Å². The molecular formula is C15H22N4S. The smallest absolute Gasteiger partial charge is 0.158 e. The summed E-state index contributed by atoms with van der Waals surface area (Å²) in [6.07, 6.45) is 6.40. The van der Waals surface area contributed by atoms with Crippen molar-refractivity contribution in [3.05, 3.63) is 18.5 Å². The van der Waals surface area contributed by atoms with Crippen molar-refractivity contribution in [2.75, 3.05) is 11.1 Å². The first-order valence-corrected chi connectivity index (χ1v) is 8.41. The average molecular weight is 290 g/mol. The van der Waals surface area contributed by atoms with Crippen molar-refractivity contribution >= 4 is 28.5 Å². The molecule has 3 rings (SSSR count). The number of rotatable bonds is 3. The monoisotopic (exact) mass is 290 g/mol. The Balaban J connectivity index is 1.82.